The molecule has 0 spiro atoms. The molecule has 1 aromatic carbocycles. The van der Waals surface area contributed by atoms with Crippen LogP contribution in [0, 0.1) is 6.92 Å². The summed E-state index contributed by atoms with van der Waals surface area (Å²) in [6.07, 6.45) is 4.22. The Morgan fingerprint density at radius 2 is 2.07 bits per heavy atom. The van der Waals surface area contributed by atoms with Gasteiger partial charge in [-0.2, -0.15) is 0 Å². The lowest BCUT2D eigenvalue weighted by Gasteiger charge is -2.15. The largest absolute Gasteiger partial charge is 0.496 e. The minimum atomic E-state index is 0.189. The normalized spacial score (nSPS) is 14.1. The van der Waals surface area contributed by atoms with Gasteiger partial charge in [-0.25, -0.2) is 0 Å². The van der Waals surface area contributed by atoms with Crippen molar-refractivity contribution in [1.82, 2.24) is 0 Å². The fourth-order valence-corrected chi connectivity index (χ4v) is 2.60. The molecular weight excluding hydrogens is 188 g/mol. The number of hydrogen-bond acceptors (Lipinski definition) is 2. The quantitative estimate of drug-likeness (QED) is 0.820. The first kappa shape index (κ1) is 10.5. The van der Waals surface area contributed by atoms with Gasteiger partial charge in [-0.15, -0.1) is 0 Å². The van der Waals surface area contributed by atoms with Crippen LogP contribution in [0.3, 0.4) is 0 Å². The average molecular weight is 206 g/mol. The van der Waals surface area contributed by atoms with Crippen LogP contribution in [-0.2, 0) is 19.3 Å². The number of benzene rings is 1. The van der Waals surface area contributed by atoms with Gasteiger partial charge in [0.1, 0.15) is 5.75 Å². The molecule has 2 rings (SSSR count). The summed E-state index contributed by atoms with van der Waals surface area (Å²) in [7, 11) is 1.73. The highest BCUT2D eigenvalue weighted by Gasteiger charge is 2.20. The number of hydrogen-bond donors (Lipinski definition) is 1. The van der Waals surface area contributed by atoms with Gasteiger partial charge in [-0.05, 0) is 54.9 Å². The van der Waals surface area contributed by atoms with Gasteiger partial charge in [-0.1, -0.05) is 6.07 Å². The molecule has 0 heterocycles. The van der Waals surface area contributed by atoms with Crippen LogP contribution in [0.2, 0.25) is 0 Å². The molecule has 0 saturated carbocycles. The highest BCUT2D eigenvalue weighted by Crippen LogP contribution is 2.36. The van der Waals surface area contributed by atoms with Crippen LogP contribution < -0.4 is 4.74 Å². The topological polar surface area (TPSA) is 29.5 Å². The second-order valence-electron chi connectivity index (χ2n) is 4.17. The number of aryl methyl sites for hydroxylation is 1. The molecular formula is C13H18O2. The Kier molecular flexibility index (Phi) is 2.96. The standard InChI is InChI=1S/C13H18O2/c1-9-8-10(6-7-14)13(15-2)12-5-3-4-11(9)12/h8,14H,3-7H2,1-2H3. The van der Waals surface area contributed by atoms with Gasteiger partial charge in [0.05, 0.1) is 7.11 Å². The van der Waals surface area contributed by atoms with Crippen molar-refractivity contribution in [2.45, 2.75) is 32.6 Å². The average Bonchev–Trinajstić information content (AvgIpc) is 2.68. The van der Waals surface area contributed by atoms with Crippen LogP contribution in [0.5, 0.6) is 5.75 Å². The van der Waals surface area contributed by atoms with Crippen molar-refractivity contribution in [1.29, 1.82) is 0 Å². The molecule has 0 amide bonds. The molecule has 0 aliphatic heterocycles. The van der Waals surface area contributed by atoms with Gasteiger partial charge in [0.25, 0.3) is 0 Å². The van der Waals surface area contributed by atoms with E-state index in [1.807, 2.05) is 0 Å². The second kappa shape index (κ2) is 4.23. The summed E-state index contributed by atoms with van der Waals surface area (Å²) in [5.74, 6) is 1.02. The third-order valence-corrected chi connectivity index (χ3v) is 3.24. The zero-order valence-electron chi connectivity index (χ0n) is 9.47. The Labute approximate surface area is 90.9 Å². The van der Waals surface area contributed by atoms with Crippen LogP contribution in [0.4, 0.5) is 0 Å². The van der Waals surface area contributed by atoms with Crippen LogP contribution >= 0.6 is 0 Å². The maximum absolute atomic E-state index is 9.02. The van der Waals surface area contributed by atoms with E-state index in [4.69, 9.17) is 9.84 Å². The first-order valence-electron chi connectivity index (χ1n) is 5.57. The summed E-state index contributed by atoms with van der Waals surface area (Å²) in [5, 5.41) is 9.02. The Bertz CT molecular complexity index is 369. The third kappa shape index (κ3) is 1.74. The molecule has 15 heavy (non-hydrogen) atoms. The van der Waals surface area contributed by atoms with E-state index in [0.29, 0.717) is 6.42 Å². The number of methoxy groups -OCH3 is 1. The minimum Gasteiger partial charge on any atom is -0.496 e. The van der Waals surface area contributed by atoms with Crippen molar-refractivity contribution in [3.8, 4) is 5.75 Å². The fourth-order valence-electron chi connectivity index (χ4n) is 2.60. The number of ether oxygens (including phenoxy) is 1. The summed E-state index contributed by atoms with van der Waals surface area (Å²) in [6, 6.07) is 2.17. The molecule has 0 radical (unpaired) electrons. The summed E-state index contributed by atoms with van der Waals surface area (Å²) in [6.45, 7) is 2.35. The fraction of sp³-hybridized carbons (Fsp3) is 0.538. The zero-order chi connectivity index (χ0) is 10.8. The Morgan fingerprint density at radius 3 is 2.73 bits per heavy atom. The van der Waals surface area contributed by atoms with Gasteiger partial charge < -0.3 is 9.84 Å². The molecule has 0 unspecified atom stereocenters. The molecule has 0 bridgehead atoms. The third-order valence-electron chi connectivity index (χ3n) is 3.24. The Balaban J connectivity index is 2.52. The minimum absolute atomic E-state index is 0.189. The van der Waals surface area contributed by atoms with E-state index in [0.717, 1.165) is 17.7 Å². The van der Waals surface area contributed by atoms with E-state index < -0.39 is 0 Å². The molecule has 1 aromatic rings. The Hall–Kier alpha value is -1.02. The van der Waals surface area contributed by atoms with Crippen LogP contribution in [0.1, 0.15) is 28.7 Å². The SMILES string of the molecule is COc1c(CCO)cc(C)c2c1CCC2. The maximum Gasteiger partial charge on any atom is 0.125 e. The summed E-state index contributed by atoms with van der Waals surface area (Å²) in [4.78, 5) is 0. The van der Waals surface area contributed by atoms with E-state index in [-0.39, 0.29) is 6.61 Å². The lowest BCUT2D eigenvalue weighted by atomic mass is 9.97. The molecule has 82 valence electrons. The van der Waals surface area contributed by atoms with E-state index >= 15 is 0 Å². The predicted octanol–water partition coefficient (Wildman–Crippen LogP) is 2.03. The van der Waals surface area contributed by atoms with Crippen LogP contribution in [0.25, 0.3) is 0 Å². The molecule has 1 aliphatic rings. The molecule has 0 atom stereocenters. The number of aliphatic hydroxyl groups excluding tert-OH is 1. The van der Waals surface area contributed by atoms with Crippen molar-refractivity contribution in [3.05, 3.63) is 28.3 Å². The van der Waals surface area contributed by atoms with E-state index in [1.165, 1.54) is 29.5 Å². The predicted molar refractivity (Wildman–Crippen MR) is 60.5 cm³/mol. The number of aliphatic hydroxyl groups is 1. The van der Waals surface area contributed by atoms with Gasteiger partial charge in [-0.3, -0.25) is 0 Å². The monoisotopic (exact) mass is 206 g/mol. The highest BCUT2D eigenvalue weighted by molar-refractivity contribution is 5.52. The smallest absolute Gasteiger partial charge is 0.125 e. The van der Waals surface area contributed by atoms with Crippen LogP contribution in [0.15, 0.2) is 6.07 Å². The van der Waals surface area contributed by atoms with Crippen LogP contribution in [-0.4, -0.2) is 18.8 Å². The first-order chi connectivity index (χ1) is 7.27. The van der Waals surface area contributed by atoms with Crippen molar-refractivity contribution in [2.75, 3.05) is 13.7 Å². The van der Waals surface area contributed by atoms with E-state index in [2.05, 4.69) is 13.0 Å². The highest BCUT2D eigenvalue weighted by atomic mass is 16.5. The number of fused-ring (bicyclic) bond motifs is 1. The molecule has 1 N–H and O–H groups in total. The van der Waals surface area contributed by atoms with Gasteiger partial charge in [0, 0.05) is 6.61 Å². The summed E-state index contributed by atoms with van der Waals surface area (Å²) >= 11 is 0. The lowest BCUT2D eigenvalue weighted by Crippen LogP contribution is -2.01. The van der Waals surface area contributed by atoms with Gasteiger partial charge in [0.15, 0.2) is 0 Å². The molecule has 0 aromatic heterocycles. The molecule has 1 aliphatic carbocycles. The maximum atomic E-state index is 9.02. The molecule has 0 saturated heterocycles. The van der Waals surface area contributed by atoms with Crippen molar-refractivity contribution in [2.24, 2.45) is 0 Å². The van der Waals surface area contributed by atoms with Gasteiger partial charge in [0.2, 0.25) is 0 Å². The van der Waals surface area contributed by atoms with Crippen molar-refractivity contribution in [3.63, 3.8) is 0 Å². The summed E-state index contributed by atoms with van der Waals surface area (Å²) < 4.78 is 5.48. The van der Waals surface area contributed by atoms with Crippen molar-refractivity contribution < 1.29 is 9.84 Å². The lowest BCUT2D eigenvalue weighted by molar-refractivity contribution is 0.296. The summed E-state index contributed by atoms with van der Waals surface area (Å²) in [5.41, 5.74) is 5.35. The van der Waals surface area contributed by atoms with E-state index in [9.17, 15) is 0 Å². The second-order valence-corrected chi connectivity index (χ2v) is 4.17. The van der Waals surface area contributed by atoms with E-state index in [1.54, 1.807) is 7.11 Å². The van der Waals surface area contributed by atoms with Crippen molar-refractivity contribution >= 4 is 0 Å². The van der Waals surface area contributed by atoms with Gasteiger partial charge >= 0.3 is 0 Å². The Morgan fingerprint density at radius 1 is 1.33 bits per heavy atom. The number of rotatable bonds is 3. The molecule has 0 fully saturated rings. The first-order valence-corrected chi connectivity index (χ1v) is 5.57. The zero-order valence-corrected chi connectivity index (χ0v) is 9.47. The molecule has 2 nitrogen and oxygen atoms in total. The molecule has 2 heteroatoms.